The van der Waals surface area contributed by atoms with E-state index in [1.165, 1.54) is 48.4 Å². The quantitative estimate of drug-likeness (QED) is 0.367. The second kappa shape index (κ2) is 9.59. The van der Waals surface area contributed by atoms with Gasteiger partial charge >= 0.3 is 0 Å². The van der Waals surface area contributed by atoms with Crippen LogP contribution in [-0.4, -0.2) is 39.1 Å². The summed E-state index contributed by atoms with van der Waals surface area (Å²) in [6.45, 7) is 4.59. The molecule has 33 heavy (non-hydrogen) atoms. The molecule has 0 bridgehead atoms. The van der Waals surface area contributed by atoms with Gasteiger partial charge in [-0.1, -0.05) is 23.9 Å². The standard InChI is InChI=1S/C22H22N6O3S2/c1-3-28-19-8-5-4-7-18(19)26-22(28)32-15(2)20(29)25-16-9-11-17(12-10-16)33(30,31)27-21-23-13-6-14-24-21/h4-15H,3H2,1-2H3,(H,25,29)(H,23,24,27). The highest BCUT2D eigenvalue weighted by Gasteiger charge is 2.20. The molecule has 0 radical (unpaired) electrons. The monoisotopic (exact) mass is 482 g/mol. The molecule has 2 aromatic heterocycles. The second-order valence-corrected chi connectivity index (χ2v) is 10.1. The van der Waals surface area contributed by atoms with E-state index >= 15 is 0 Å². The molecule has 4 aromatic rings. The van der Waals surface area contributed by atoms with E-state index in [0.29, 0.717) is 5.69 Å². The van der Waals surface area contributed by atoms with Crippen LogP contribution in [0.5, 0.6) is 0 Å². The van der Waals surface area contributed by atoms with Gasteiger partial charge in [-0.25, -0.2) is 28.1 Å². The number of carbonyl (C=O) groups is 1. The molecule has 0 aliphatic rings. The highest BCUT2D eigenvalue weighted by atomic mass is 32.2. The Labute approximate surface area is 195 Å². The van der Waals surface area contributed by atoms with Gasteiger partial charge in [-0.05, 0) is 56.3 Å². The van der Waals surface area contributed by atoms with Crippen LogP contribution < -0.4 is 10.0 Å². The summed E-state index contributed by atoms with van der Waals surface area (Å²) in [7, 11) is -3.84. The van der Waals surface area contributed by atoms with E-state index in [9.17, 15) is 13.2 Å². The third-order valence-corrected chi connectivity index (χ3v) is 7.24. The number of anilines is 2. The Morgan fingerprint density at radius 1 is 1.06 bits per heavy atom. The average Bonchev–Trinajstić information content (AvgIpc) is 3.16. The lowest BCUT2D eigenvalue weighted by Crippen LogP contribution is -2.23. The molecule has 2 N–H and O–H groups in total. The van der Waals surface area contributed by atoms with Gasteiger partial charge in [-0.2, -0.15) is 0 Å². The zero-order valence-corrected chi connectivity index (χ0v) is 19.6. The maximum atomic E-state index is 12.7. The number of para-hydroxylation sites is 2. The van der Waals surface area contributed by atoms with Gasteiger partial charge in [0.25, 0.3) is 10.0 Å². The average molecular weight is 483 g/mol. The van der Waals surface area contributed by atoms with Crippen LogP contribution in [0.15, 0.2) is 77.0 Å². The van der Waals surface area contributed by atoms with Crippen molar-refractivity contribution in [1.82, 2.24) is 19.5 Å². The van der Waals surface area contributed by atoms with E-state index in [-0.39, 0.29) is 16.8 Å². The van der Waals surface area contributed by atoms with Crippen LogP contribution in [0.3, 0.4) is 0 Å². The van der Waals surface area contributed by atoms with Crippen molar-refractivity contribution in [3.05, 3.63) is 67.0 Å². The van der Waals surface area contributed by atoms with Crippen molar-refractivity contribution in [2.45, 2.75) is 35.7 Å². The van der Waals surface area contributed by atoms with Gasteiger partial charge < -0.3 is 9.88 Å². The van der Waals surface area contributed by atoms with Gasteiger partial charge in [0.1, 0.15) is 0 Å². The normalized spacial score (nSPS) is 12.4. The Bertz CT molecular complexity index is 1370. The van der Waals surface area contributed by atoms with Crippen LogP contribution in [-0.2, 0) is 21.4 Å². The van der Waals surface area contributed by atoms with Gasteiger partial charge in [0, 0.05) is 24.6 Å². The molecule has 9 nitrogen and oxygen atoms in total. The van der Waals surface area contributed by atoms with Crippen molar-refractivity contribution in [2.75, 3.05) is 10.0 Å². The first-order valence-electron chi connectivity index (χ1n) is 10.2. The van der Waals surface area contributed by atoms with Crippen LogP contribution in [0.4, 0.5) is 11.6 Å². The molecule has 1 amide bonds. The number of fused-ring (bicyclic) bond motifs is 1. The van der Waals surface area contributed by atoms with E-state index in [1.54, 1.807) is 6.07 Å². The van der Waals surface area contributed by atoms with Crippen LogP contribution in [0.2, 0.25) is 0 Å². The molecular formula is C22H22N6O3S2. The van der Waals surface area contributed by atoms with Gasteiger partial charge in [-0.3, -0.25) is 4.79 Å². The lowest BCUT2D eigenvalue weighted by molar-refractivity contribution is -0.115. The summed E-state index contributed by atoms with van der Waals surface area (Å²) in [6.07, 6.45) is 2.89. The van der Waals surface area contributed by atoms with Crippen LogP contribution in [0.25, 0.3) is 11.0 Å². The highest BCUT2D eigenvalue weighted by molar-refractivity contribution is 8.00. The Morgan fingerprint density at radius 3 is 2.45 bits per heavy atom. The number of sulfonamides is 1. The molecule has 0 aliphatic carbocycles. The van der Waals surface area contributed by atoms with E-state index in [0.717, 1.165) is 22.7 Å². The smallest absolute Gasteiger partial charge is 0.264 e. The predicted molar refractivity (Wildman–Crippen MR) is 129 cm³/mol. The van der Waals surface area contributed by atoms with Crippen LogP contribution >= 0.6 is 11.8 Å². The number of aromatic nitrogens is 4. The Morgan fingerprint density at radius 2 is 1.76 bits per heavy atom. The summed E-state index contributed by atoms with van der Waals surface area (Å²) >= 11 is 1.38. The first-order valence-corrected chi connectivity index (χ1v) is 12.6. The maximum absolute atomic E-state index is 12.7. The number of carbonyl (C=O) groups excluding carboxylic acids is 1. The number of rotatable bonds is 8. The van der Waals surface area contributed by atoms with Crippen molar-refractivity contribution in [3.8, 4) is 0 Å². The van der Waals surface area contributed by atoms with Crippen molar-refractivity contribution >= 4 is 50.4 Å². The number of benzene rings is 2. The van der Waals surface area contributed by atoms with E-state index < -0.39 is 15.3 Å². The molecular weight excluding hydrogens is 460 g/mol. The van der Waals surface area contributed by atoms with E-state index in [2.05, 4.69) is 29.6 Å². The van der Waals surface area contributed by atoms with Gasteiger partial charge in [0.05, 0.1) is 21.2 Å². The number of nitrogens with one attached hydrogen (secondary N) is 2. The SMILES string of the molecule is CCn1c(SC(C)C(=O)Nc2ccc(S(=O)(=O)Nc3ncccn3)cc2)nc2ccccc21. The summed E-state index contributed by atoms with van der Waals surface area (Å²) in [5.41, 5.74) is 2.41. The fourth-order valence-corrected chi connectivity index (χ4v) is 5.10. The zero-order chi connectivity index (χ0) is 23.4. The van der Waals surface area contributed by atoms with Gasteiger partial charge in [0.15, 0.2) is 5.16 Å². The van der Waals surface area contributed by atoms with Crippen LogP contribution in [0, 0.1) is 0 Å². The third-order valence-electron chi connectivity index (χ3n) is 4.81. The lowest BCUT2D eigenvalue weighted by Gasteiger charge is -2.13. The molecule has 4 rings (SSSR count). The minimum absolute atomic E-state index is 0.0150. The number of hydrogen-bond acceptors (Lipinski definition) is 7. The molecule has 0 saturated heterocycles. The molecule has 2 aromatic carbocycles. The molecule has 0 saturated carbocycles. The van der Waals surface area contributed by atoms with Crippen molar-refractivity contribution < 1.29 is 13.2 Å². The highest BCUT2D eigenvalue weighted by Crippen LogP contribution is 2.28. The summed E-state index contributed by atoms with van der Waals surface area (Å²) in [5.74, 6) is -0.222. The van der Waals surface area contributed by atoms with Crippen LogP contribution in [0.1, 0.15) is 13.8 Å². The Balaban J connectivity index is 1.42. The number of hydrogen-bond donors (Lipinski definition) is 2. The van der Waals surface area contributed by atoms with Crippen molar-refractivity contribution in [1.29, 1.82) is 0 Å². The Kier molecular flexibility index (Phi) is 6.61. The summed E-state index contributed by atoms with van der Waals surface area (Å²) in [5, 5.41) is 3.19. The second-order valence-electron chi connectivity index (χ2n) is 7.08. The number of imidazole rings is 1. The molecule has 0 aliphatic heterocycles. The summed E-state index contributed by atoms with van der Waals surface area (Å²) in [4.78, 5) is 25.1. The van der Waals surface area contributed by atoms with E-state index in [1.807, 2.05) is 38.1 Å². The van der Waals surface area contributed by atoms with Crippen molar-refractivity contribution in [3.63, 3.8) is 0 Å². The lowest BCUT2D eigenvalue weighted by atomic mass is 10.3. The number of thioether (sulfide) groups is 1. The molecule has 2 heterocycles. The summed E-state index contributed by atoms with van der Waals surface area (Å²) in [6, 6.07) is 15.4. The maximum Gasteiger partial charge on any atom is 0.264 e. The molecule has 11 heteroatoms. The minimum Gasteiger partial charge on any atom is -0.325 e. The van der Waals surface area contributed by atoms with Gasteiger partial charge in [-0.15, -0.1) is 0 Å². The predicted octanol–water partition coefficient (Wildman–Crippen LogP) is 3.77. The minimum atomic E-state index is -3.84. The zero-order valence-electron chi connectivity index (χ0n) is 18.0. The topological polar surface area (TPSA) is 119 Å². The van der Waals surface area contributed by atoms with Crippen molar-refractivity contribution in [2.24, 2.45) is 0 Å². The number of amides is 1. The third kappa shape index (κ3) is 5.15. The fourth-order valence-electron chi connectivity index (χ4n) is 3.15. The van der Waals surface area contributed by atoms with E-state index in [4.69, 9.17) is 0 Å². The number of nitrogens with zero attached hydrogens (tertiary/aromatic N) is 4. The first-order chi connectivity index (χ1) is 15.9. The molecule has 1 atom stereocenters. The molecule has 0 spiro atoms. The first kappa shape index (κ1) is 22.7. The fraction of sp³-hybridized carbons (Fsp3) is 0.182. The van der Waals surface area contributed by atoms with Gasteiger partial charge in [0.2, 0.25) is 11.9 Å². The Hall–Kier alpha value is -3.44. The molecule has 170 valence electrons. The molecule has 1 unspecified atom stereocenters. The summed E-state index contributed by atoms with van der Waals surface area (Å²) < 4.78 is 29.4. The number of aryl methyl sites for hydroxylation is 1. The molecule has 0 fully saturated rings. The largest absolute Gasteiger partial charge is 0.325 e.